The molecule has 0 radical (unpaired) electrons. The van der Waals surface area contributed by atoms with Crippen molar-refractivity contribution in [3.63, 3.8) is 0 Å². The highest BCUT2D eigenvalue weighted by Gasteiger charge is 2.70. The number of hydrogen-bond donors (Lipinski definition) is 1. The molecule has 0 amide bonds. The molecule has 0 bridgehead atoms. The van der Waals surface area contributed by atoms with E-state index < -0.39 is 41.6 Å². The molecule has 10 nitrogen and oxygen atoms in total. The highest BCUT2D eigenvalue weighted by molar-refractivity contribution is 5.93. The maximum Gasteiger partial charge on any atom is 0.514 e. The quantitative estimate of drug-likeness (QED) is 0.0830. The SMILES string of the molecule is CCCCCOC(=O)C(C)Cc1ccc(OC(=O)OCC(=O)C2(OC(=O)CCCC)CCC3C4CCC5=CC(=O)CCC5(C)C4C(O)CC32C)cc1. The number of carbonyl (C=O) groups is 5. The Kier molecular flexibility index (Phi) is 12.7. The second-order valence-electron chi connectivity index (χ2n) is 16.2. The van der Waals surface area contributed by atoms with Crippen LogP contribution in [0.25, 0.3) is 0 Å². The van der Waals surface area contributed by atoms with Gasteiger partial charge < -0.3 is 24.1 Å². The summed E-state index contributed by atoms with van der Waals surface area (Å²) in [4.78, 5) is 65.1. The molecule has 1 N–H and O–H groups in total. The third-order valence-corrected chi connectivity index (χ3v) is 12.9. The van der Waals surface area contributed by atoms with Crippen molar-refractivity contribution in [1.82, 2.24) is 0 Å². The highest BCUT2D eigenvalue weighted by atomic mass is 16.7. The van der Waals surface area contributed by atoms with Crippen LogP contribution in [0.1, 0.15) is 124 Å². The molecule has 0 aliphatic heterocycles. The monoisotopic (exact) mass is 722 g/mol. The summed E-state index contributed by atoms with van der Waals surface area (Å²) >= 11 is 0. The van der Waals surface area contributed by atoms with Gasteiger partial charge in [0.25, 0.3) is 0 Å². The number of ketones is 2. The Morgan fingerprint density at radius 3 is 2.38 bits per heavy atom. The van der Waals surface area contributed by atoms with E-state index in [0.29, 0.717) is 38.7 Å². The summed E-state index contributed by atoms with van der Waals surface area (Å²) < 4.78 is 22.4. The van der Waals surface area contributed by atoms with Crippen LogP contribution in [0.15, 0.2) is 35.9 Å². The number of carbonyl (C=O) groups excluding carboxylic acids is 5. The summed E-state index contributed by atoms with van der Waals surface area (Å²) in [6, 6.07) is 6.72. The summed E-state index contributed by atoms with van der Waals surface area (Å²) in [7, 11) is 0. The molecule has 8 atom stereocenters. The Morgan fingerprint density at radius 2 is 1.67 bits per heavy atom. The smallest absolute Gasteiger partial charge is 0.465 e. The van der Waals surface area contributed by atoms with Crippen molar-refractivity contribution < 1.29 is 48.0 Å². The zero-order valence-corrected chi connectivity index (χ0v) is 31.7. The molecule has 286 valence electrons. The van der Waals surface area contributed by atoms with Gasteiger partial charge in [-0.05, 0) is 105 Å². The first-order valence-electron chi connectivity index (χ1n) is 19.5. The average molecular weight is 723 g/mol. The Bertz CT molecular complexity index is 1510. The lowest BCUT2D eigenvalue weighted by atomic mass is 9.45. The molecule has 5 rings (SSSR count). The summed E-state index contributed by atoms with van der Waals surface area (Å²) in [5.74, 6) is -1.18. The van der Waals surface area contributed by atoms with Gasteiger partial charge in [0.15, 0.2) is 18.0 Å². The Labute approximate surface area is 308 Å². The van der Waals surface area contributed by atoms with Gasteiger partial charge in [-0.2, -0.15) is 0 Å². The zero-order chi connectivity index (χ0) is 37.7. The fourth-order valence-corrected chi connectivity index (χ4v) is 10.1. The van der Waals surface area contributed by atoms with Crippen molar-refractivity contribution in [3.05, 3.63) is 41.5 Å². The van der Waals surface area contributed by atoms with E-state index in [2.05, 4.69) is 13.8 Å². The summed E-state index contributed by atoms with van der Waals surface area (Å²) in [5, 5.41) is 11.9. The first kappa shape index (κ1) is 39.7. The molecule has 1 aromatic rings. The molecule has 0 heterocycles. The van der Waals surface area contributed by atoms with Crippen LogP contribution in [0.5, 0.6) is 5.75 Å². The number of allylic oxidation sites excluding steroid dienone is 1. The van der Waals surface area contributed by atoms with Gasteiger partial charge in [0.1, 0.15) is 5.75 Å². The number of aliphatic hydroxyl groups excluding tert-OH is 1. The number of fused-ring (bicyclic) bond motifs is 5. The van der Waals surface area contributed by atoms with Crippen LogP contribution in [0.4, 0.5) is 4.79 Å². The first-order valence-corrected chi connectivity index (χ1v) is 19.5. The van der Waals surface area contributed by atoms with E-state index in [0.717, 1.165) is 49.7 Å². The van der Waals surface area contributed by atoms with E-state index in [1.54, 1.807) is 30.3 Å². The minimum Gasteiger partial charge on any atom is -0.465 e. The van der Waals surface area contributed by atoms with E-state index in [1.165, 1.54) is 0 Å². The summed E-state index contributed by atoms with van der Waals surface area (Å²) in [5.41, 5.74) is -0.750. The largest absolute Gasteiger partial charge is 0.514 e. The Hall–Kier alpha value is -3.53. The maximum absolute atomic E-state index is 14.3. The van der Waals surface area contributed by atoms with Gasteiger partial charge in [-0.15, -0.1) is 0 Å². The molecule has 8 unspecified atom stereocenters. The van der Waals surface area contributed by atoms with Crippen molar-refractivity contribution in [1.29, 1.82) is 0 Å². The molecule has 0 saturated heterocycles. The molecule has 4 aliphatic carbocycles. The second kappa shape index (κ2) is 16.6. The minimum atomic E-state index is -1.57. The number of hydrogen-bond acceptors (Lipinski definition) is 10. The standard InChI is InChI=1S/C42H58O10/c1-6-8-10-22-49-38(47)27(3)23-28-12-15-31(16-13-28)51-39(48)50-26-35(45)42(52-36(46)11-9-7-2)21-19-33-32-17-14-29-24-30(43)18-20-40(29,4)37(32)34(44)25-41(33,42)5/h12-13,15-16,24,27,32-34,37,44H,6-11,14,17-23,25-26H2,1-5H3. The minimum absolute atomic E-state index is 0.00377. The molecule has 3 saturated carbocycles. The first-order chi connectivity index (χ1) is 24.8. The zero-order valence-electron chi connectivity index (χ0n) is 31.7. The predicted octanol–water partition coefficient (Wildman–Crippen LogP) is 7.66. The molecule has 52 heavy (non-hydrogen) atoms. The number of unbranched alkanes of at least 4 members (excludes halogenated alkanes) is 3. The van der Waals surface area contributed by atoms with E-state index >= 15 is 0 Å². The van der Waals surface area contributed by atoms with E-state index in [-0.39, 0.29) is 65.9 Å². The van der Waals surface area contributed by atoms with Crippen LogP contribution in [-0.4, -0.2) is 59.7 Å². The number of benzene rings is 1. The lowest BCUT2D eigenvalue weighted by Crippen LogP contribution is -2.63. The number of Topliss-reactive ketones (excluding diaryl/α,β-unsaturated/α-hetero) is 1. The van der Waals surface area contributed by atoms with E-state index in [1.807, 2.05) is 20.8 Å². The topological polar surface area (TPSA) is 142 Å². The van der Waals surface area contributed by atoms with Crippen molar-refractivity contribution >= 4 is 29.7 Å². The van der Waals surface area contributed by atoms with Crippen molar-refractivity contribution in [2.75, 3.05) is 13.2 Å². The van der Waals surface area contributed by atoms with Crippen LogP contribution in [0.2, 0.25) is 0 Å². The fraction of sp³-hybridized carbons (Fsp3) is 0.690. The molecule has 0 aromatic heterocycles. The van der Waals surface area contributed by atoms with Gasteiger partial charge in [0, 0.05) is 18.3 Å². The average Bonchev–Trinajstić information content (AvgIpc) is 3.40. The number of ether oxygens (including phenoxy) is 4. The second-order valence-corrected chi connectivity index (χ2v) is 16.2. The van der Waals surface area contributed by atoms with Gasteiger partial charge in [-0.3, -0.25) is 19.2 Å². The Balaban J connectivity index is 1.25. The Morgan fingerprint density at radius 1 is 0.942 bits per heavy atom. The van der Waals surface area contributed by atoms with Gasteiger partial charge in [-0.1, -0.05) is 71.6 Å². The molecule has 10 heteroatoms. The molecular formula is C42H58O10. The normalized spacial score (nSPS) is 31.3. The van der Waals surface area contributed by atoms with Gasteiger partial charge in [-0.25, -0.2) is 4.79 Å². The van der Waals surface area contributed by atoms with E-state index in [4.69, 9.17) is 18.9 Å². The maximum atomic E-state index is 14.3. The van der Waals surface area contributed by atoms with Crippen LogP contribution in [-0.2, 0) is 39.8 Å². The number of aliphatic hydroxyl groups is 1. The number of rotatable bonds is 15. The van der Waals surface area contributed by atoms with E-state index in [9.17, 15) is 29.1 Å². The lowest BCUT2D eigenvalue weighted by Gasteiger charge is -2.60. The van der Waals surface area contributed by atoms with Gasteiger partial charge in [0.05, 0.1) is 18.6 Å². The van der Waals surface area contributed by atoms with Crippen LogP contribution >= 0.6 is 0 Å². The fourth-order valence-electron chi connectivity index (χ4n) is 10.1. The van der Waals surface area contributed by atoms with Crippen molar-refractivity contribution in [2.45, 2.75) is 136 Å². The van der Waals surface area contributed by atoms with Crippen LogP contribution in [0, 0.1) is 34.5 Å². The van der Waals surface area contributed by atoms with Gasteiger partial charge >= 0.3 is 18.1 Å². The van der Waals surface area contributed by atoms with Crippen LogP contribution in [0.3, 0.4) is 0 Å². The highest BCUT2D eigenvalue weighted by Crippen LogP contribution is 2.68. The summed E-state index contributed by atoms with van der Waals surface area (Å²) in [6.45, 7) is 9.79. The van der Waals surface area contributed by atoms with Crippen LogP contribution < -0.4 is 4.74 Å². The summed E-state index contributed by atoms with van der Waals surface area (Å²) in [6.07, 6.45) is 8.80. The molecule has 1 aromatic carbocycles. The van der Waals surface area contributed by atoms with Crippen molar-refractivity contribution in [2.24, 2.45) is 34.5 Å². The molecule has 4 aliphatic rings. The van der Waals surface area contributed by atoms with Gasteiger partial charge in [0.2, 0.25) is 5.78 Å². The molecule has 3 fully saturated rings. The number of esters is 2. The van der Waals surface area contributed by atoms with Crippen molar-refractivity contribution in [3.8, 4) is 5.75 Å². The third-order valence-electron chi connectivity index (χ3n) is 12.9. The predicted molar refractivity (Wildman–Crippen MR) is 193 cm³/mol. The lowest BCUT2D eigenvalue weighted by molar-refractivity contribution is -0.202. The molecular weight excluding hydrogens is 664 g/mol. The third kappa shape index (κ3) is 8.02. The molecule has 0 spiro atoms.